The Hall–Kier alpha value is -1.88. The molecule has 2 rings (SSSR count). The highest BCUT2D eigenvalue weighted by molar-refractivity contribution is 5.53. The number of nitrogens with zero attached hydrogens (tertiary/aromatic N) is 2. The number of hydrogen-bond donors (Lipinski definition) is 1. The zero-order valence-electron chi connectivity index (χ0n) is 9.59. The van der Waals surface area contributed by atoms with Gasteiger partial charge in [-0.05, 0) is 30.7 Å². The largest absolute Gasteiger partial charge is 0.508 e. The molecule has 0 aliphatic carbocycles. The van der Waals surface area contributed by atoms with Gasteiger partial charge in [0.25, 0.3) is 5.89 Å². The lowest BCUT2D eigenvalue weighted by Crippen LogP contribution is -1.95. The van der Waals surface area contributed by atoms with Gasteiger partial charge in [0.1, 0.15) is 12.4 Å². The van der Waals surface area contributed by atoms with Crippen molar-refractivity contribution < 1.29 is 14.4 Å². The van der Waals surface area contributed by atoms with E-state index < -0.39 is 0 Å². The monoisotopic (exact) mass is 234 g/mol. The summed E-state index contributed by atoms with van der Waals surface area (Å²) in [6, 6.07) is 6.60. The van der Waals surface area contributed by atoms with E-state index in [1.165, 1.54) is 0 Å². The zero-order chi connectivity index (χ0) is 12.1. The van der Waals surface area contributed by atoms with Crippen molar-refractivity contribution >= 4 is 0 Å². The van der Waals surface area contributed by atoms with E-state index in [4.69, 9.17) is 14.4 Å². The fourth-order valence-electron chi connectivity index (χ4n) is 1.34. The molecule has 1 N–H and O–H groups in total. The van der Waals surface area contributed by atoms with Gasteiger partial charge in [0.15, 0.2) is 5.82 Å². The van der Waals surface area contributed by atoms with Crippen LogP contribution in [0.2, 0.25) is 0 Å². The highest BCUT2D eigenvalue weighted by Crippen LogP contribution is 2.20. The van der Waals surface area contributed by atoms with Gasteiger partial charge in [-0.25, -0.2) is 0 Å². The predicted octanol–water partition coefficient (Wildman–Crippen LogP) is 2.37. The molecule has 0 atom stereocenters. The Kier molecular flexibility index (Phi) is 3.72. The third-order valence-corrected chi connectivity index (χ3v) is 2.16. The van der Waals surface area contributed by atoms with Gasteiger partial charge in [0.2, 0.25) is 0 Å². The first kappa shape index (κ1) is 11.6. The topological polar surface area (TPSA) is 68.4 Å². The summed E-state index contributed by atoms with van der Waals surface area (Å²) in [6.45, 7) is 3.08. The highest BCUT2D eigenvalue weighted by Gasteiger charge is 2.08. The Morgan fingerprint density at radius 2 is 2.06 bits per heavy atom. The van der Waals surface area contributed by atoms with Crippen molar-refractivity contribution in [1.82, 2.24) is 10.1 Å². The third kappa shape index (κ3) is 3.04. The predicted molar refractivity (Wildman–Crippen MR) is 61.3 cm³/mol. The first-order valence-corrected chi connectivity index (χ1v) is 5.49. The molecule has 5 heteroatoms. The lowest BCUT2D eigenvalue weighted by molar-refractivity contribution is 0.114. The lowest BCUT2D eigenvalue weighted by atomic mass is 10.2. The van der Waals surface area contributed by atoms with Gasteiger partial charge in [-0.1, -0.05) is 12.1 Å². The Bertz CT molecular complexity index is 465. The minimum absolute atomic E-state index is 0.208. The average Bonchev–Trinajstić information content (AvgIpc) is 2.79. The molecule has 2 aromatic rings. The summed E-state index contributed by atoms with van der Waals surface area (Å²) >= 11 is 0. The van der Waals surface area contributed by atoms with Crippen molar-refractivity contribution in [1.29, 1.82) is 0 Å². The Morgan fingerprint density at radius 1 is 1.29 bits per heavy atom. The summed E-state index contributed by atoms with van der Waals surface area (Å²) < 4.78 is 10.4. The van der Waals surface area contributed by atoms with Crippen LogP contribution in [0.1, 0.15) is 19.2 Å². The van der Waals surface area contributed by atoms with Crippen molar-refractivity contribution in [3.05, 3.63) is 30.1 Å². The van der Waals surface area contributed by atoms with Crippen LogP contribution in [-0.4, -0.2) is 21.9 Å². The molecule has 0 saturated heterocycles. The second-order valence-corrected chi connectivity index (χ2v) is 3.62. The molecule has 17 heavy (non-hydrogen) atoms. The Balaban J connectivity index is 2.04. The quantitative estimate of drug-likeness (QED) is 0.804. The molecule has 0 aliphatic heterocycles. The number of ether oxygens (including phenoxy) is 1. The molecule has 90 valence electrons. The summed E-state index contributed by atoms with van der Waals surface area (Å²) in [5, 5.41) is 13.0. The fraction of sp³-hybridized carbons (Fsp3) is 0.333. The maximum Gasteiger partial charge on any atom is 0.258 e. The van der Waals surface area contributed by atoms with Gasteiger partial charge in [0, 0.05) is 12.2 Å². The van der Waals surface area contributed by atoms with Gasteiger partial charge < -0.3 is 14.4 Å². The van der Waals surface area contributed by atoms with Crippen LogP contribution in [0.3, 0.4) is 0 Å². The molecule has 1 aromatic carbocycles. The van der Waals surface area contributed by atoms with Crippen molar-refractivity contribution in [3.8, 4) is 17.2 Å². The van der Waals surface area contributed by atoms with Gasteiger partial charge >= 0.3 is 0 Å². The second-order valence-electron chi connectivity index (χ2n) is 3.62. The van der Waals surface area contributed by atoms with Crippen molar-refractivity contribution in [2.24, 2.45) is 0 Å². The first-order chi connectivity index (χ1) is 8.29. The number of benzene rings is 1. The molecule has 5 nitrogen and oxygen atoms in total. The molecule has 0 unspecified atom stereocenters. The second kappa shape index (κ2) is 5.45. The molecular weight excluding hydrogens is 220 g/mol. The zero-order valence-corrected chi connectivity index (χ0v) is 9.59. The van der Waals surface area contributed by atoms with E-state index in [1.54, 1.807) is 24.3 Å². The van der Waals surface area contributed by atoms with E-state index in [1.807, 2.05) is 6.92 Å². The minimum atomic E-state index is 0.208. The molecule has 0 radical (unpaired) electrons. The van der Waals surface area contributed by atoms with Crippen molar-refractivity contribution in [2.45, 2.75) is 20.0 Å². The summed E-state index contributed by atoms with van der Waals surface area (Å²) in [7, 11) is 0. The van der Waals surface area contributed by atoms with E-state index in [2.05, 4.69) is 10.1 Å². The van der Waals surface area contributed by atoms with E-state index in [-0.39, 0.29) is 5.75 Å². The number of rotatable bonds is 5. The van der Waals surface area contributed by atoms with E-state index in [0.29, 0.717) is 24.9 Å². The summed E-state index contributed by atoms with van der Waals surface area (Å²) in [6.07, 6.45) is 0.961. The number of aromatic hydroxyl groups is 1. The lowest BCUT2D eigenvalue weighted by Gasteiger charge is -1.95. The third-order valence-electron chi connectivity index (χ3n) is 2.16. The molecule has 0 amide bonds. The van der Waals surface area contributed by atoms with Gasteiger partial charge in [-0.3, -0.25) is 0 Å². The Labute approximate surface area is 99.0 Å². The van der Waals surface area contributed by atoms with Gasteiger partial charge in [0.05, 0.1) is 0 Å². The Morgan fingerprint density at radius 3 is 2.76 bits per heavy atom. The molecule has 0 bridgehead atoms. The minimum Gasteiger partial charge on any atom is -0.508 e. The number of phenols is 1. The summed E-state index contributed by atoms with van der Waals surface area (Å²) in [5.74, 6) is 1.17. The standard InChI is InChI=1S/C12H14N2O3/c1-2-7-16-8-11-13-12(17-14-11)9-3-5-10(15)6-4-9/h3-6,15H,2,7-8H2,1H3. The summed E-state index contributed by atoms with van der Waals surface area (Å²) in [5.41, 5.74) is 0.775. The van der Waals surface area contributed by atoms with Gasteiger partial charge in [-0.15, -0.1) is 0 Å². The van der Waals surface area contributed by atoms with Crippen LogP contribution in [0.4, 0.5) is 0 Å². The number of aromatic nitrogens is 2. The molecule has 1 aromatic heterocycles. The molecular formula is C12H14N2O3. The van der Waals surface area contributed by atoms with Crippen LogP contribution in [0, 0.1) is 0 Å². The molecule has 0 aliphatic rings. The average molecular weight is 234 g/mol. The fourth-order valence-corrected chi connectivity index (χ4v) is 1.34. The van der Waals surface area contributed by atoms with E-state index in [9.17, 15) is 0 Å². The van der Waals surface area contributed by atoms with E-state index in [0.717, 1.165) is 12.0 Å². The van der Waals surface area contributed by atoms with Crippen molar-refractivity contribution in [2.75, 3.05) is 6.61 Å². The van der Waals surface area contributed by atoms with E-state index >= 15 is 0 Å². The highest BCUT2D eigenvalue weighted by atomic mass is 16.5. The first-order valence-electron chi connectivity index (χ1n) is 5.49. The smallest absolute Gasteiger partial charge is 0.258 e. The number of hydrogen-bond acceptors (Lipinski definition) is 5. The molecule has 0 saturated carbocycles. The summed E-state index contributed by atoms with van der Waals surface area (Å²) in [4.78, 5) is 4.20. The van der Waals surface area contributed by atoms with Crippen LogP contribution in [0.15, 0.2) is 28.8 Å². The molecule has 1 heterocycles. The maximum absolute atomic E-state index is 9.17. The van der Waals surface area contributed by atoms with Gasteiger partial charge in [-0.2, -0.15) is 4.98 Å². The van der Waals surface area contributed by atoms with Crippen molar-refractivity contribution in [3.63, 3.8) is 0 Å². The van der Waals surface area contributed by atoms with Crippen LogP contribution in [0.25, 0.3) is 11.5 Å². The maximum atomic E-state index is 9.17. The molecule has 0 spiro atoms. The van der Waals surface area contributed by atoms with Crippen LogP contribution >= 0.6 is 0 Å². The van der Waals surface area contributed by atoms with Crippen LogP contribution in [0.5, 0.6) is 5.75 Å². The van der Waals surface area contributed by atoms with Crippen LogP contribution in [-0.2, 0) is 11.3 Å². The molecule has 0 fully saturated rings. The SMILES string of the molecule is CCCOCc1noc(-c2ccc(O)cc2)n1. The van der Waals surface area contributed by atoms with Crippen LogP contribution < -0.4 is 0 Å². The number of phenolic OH excluding ortho intramolecular Hbond substituents is 1. The normalized spacial score (nSPS) is 10.6.